The SMILES string of the molecule is CCNC(C)c1ccc(N(C)C2CCCC(C)C2)nc1. The van der Waals surface area contributed by atoms with Crippen molar-refractivity contribution >= 4 is 5.82 Å². The van der Waals surface area contributed by atoms with Crippen LogP contribution < -0.4 is 10.2 Å². The number of pyridine rings is 1. The molecule has 1 N–H and O–H groups in total. The molecule has 2 rings (SSSR count). The monoisotopic (exact) mass is 275 g/mol. The fraction of sp³-hybridized carbons (Fsp3) is 0.706. The van der Waals surface area contributed by atoms with E-state index in [0.29, 0.717) is 12.1 Å². The normalized spacial score (nSPS) is 24.4. The van der Waals surface area contributed by atoms with Crippen molar-refractivity contribution in [2.45, 2.75) is 58.5 Å². The Labute approximate surface area is 123 Å². The van der Waals surface area contributed by atoms with Gasteiger partial charge < -0.3 is 10.2 Å². The summed E-state index contributed by atoms with van der Waals surface area (Å²) in [5.41, 5.74) is 1.26. The highest BCUT2D eigenvalue weighted by molar-refractivity contribution is 5.40. The van der Waals surface area contributed by atoms with Crippen molar-refractivity contribution in [2.24, 2.45) is 5.92 Å². The molecular formula is C17H29N3. The number of rotatable bonds is 5. The van der Waals surface area contributed by atoms with E-state index in [1.807, 2.05) is 6.20 Å². The number of nitrogens with zero attached hydrogens (tertiary/aromatic N) is 2. The lowest BCUT2D eigenvalue weighted by molar-refractivity contribution is 0.335. The molecule has 0 radical (unpaired) electrons. The van der Waals surface area contributed by atoms with Crippen LogP contribution >= 0.6 is 0 Å². The van der Waals surface area contributed by atoms with Crippen LogP contribution in [0.25, 0.3) is 0 Å². The van der Waals surface area contributed by atoms with E-state index in [1.54, 1.807) is 0 Å². The number of hydrogen-bond donors (Lipinski definition) is 1. The van der Waals surface area contributed by atoms with E-state index in [4.69, 9.17) is 0 Å². The van der Waals surface area contributed by atoms with Gasteiger partial charge in [0.05, 0.1) is 0 Å². The van der Waals surface area contributed by atoms with E-state index in [2.05, 4.69) is 55.2 Å². The Balaban J connectivity index is 2.01. The third-order valence-corrected chi connectivity index (χ3v) is 4.60. The molecule has 1 aromatic rings. The predicted molar refractivity (Wildman–Crippen MR) is 86.2 cm³/mol. The lowest BCUT2D eigenvalue weighted by Gasteiger charge is -2.35. The highest BCUT2D eigenvalue weighted by Crippen LogP contribution is 2.29. The molecule has 1 aromatic heterocycles. The maximum Gasteiger partial charge on any atom is 0.128 e. The third-order valence-electron chi connectivity index (χ3n) is 4.60. The second-order valence-electron chi connectivity index (χ2n) is 6.27. The molecule has 1 aliphatic rings. The molecule has 1 heterocycles. The molecule has 1 fully saturated rings. The van der Waals surface area contributed by atoms with Crippen LogP contribution in [0.15, 0.2) is 18.3 Å². The first-order chi connectivity index (χ1) is 9.61. The Hall–Kier alpha value is -1.09. The fourth-order valence-corrected chi connectivity index (χ4v) is 3.23. The first-order valence-corrected chi connectivity index (χ1v) is 8.04. The van der Waals surface area contributed by atoms with Crippen LogP contribution in [0.3, 0.4) is 0 Å². The summed E-state index contributed by atoms with van der Waals surface area (Å²) >= 11 is 0. The van der Waals surface area contributed by atoms with Gasteiger partial charge in [0.1, 0.15) is 5.82 Å². The van der Waals surface area contributed by atoms with E-state index < -0.39 is 0 Å². The van der Waals surface area contributed by atoms with Crippen LogP contribution in [-0.2, 0) is 0 Å². The minimum Gasteiger partial charge on any atom is -0.357 e. The number of nitrogens with one attached hydrogen (secondary N) is 1. The van der Waals surface area contributed by atoms with E-state index in [0.717, 1.165) is 18.3 Å². The minimum absolute atomic E-state index is 0.376. The summed E-state index contributed by atoms with van der Waals surface area (Å²) in [4.78, 5) is 7.04. The standard InChI is InChI=1S/C17H29N3/c1-5-18-14(3)15-9-10-17(19-12-15)20(4)16-8-6-7-13(2)11-16/h9-10,12-14,16,18H,5-8,11H2,1-4H3. The minimum atomic E-state index is 0.376. The van der Waals surface area contributed by atoms with Gasteiger partial charge in [0, 0.05) is 25.3 Å². The van der Waals surface area contributed by atoms with Crippen molar-refractivity contribution in [2.75, 3.05) is 18.5 Å². The number of anilines is 1. The molecule has 0 aliphatic heterocycles. The first kappa shape index (κ1) is 15.3. The largest absolute Gasteiger partial charge is 0.357 e. The molecule has 0 bridgehead atoms. The van der Waals surface area contributed by atoms with Crippen LogP contribution in [-0.4, -0.2) is 24.6 Å². The molecule has 3 atom stereocenters. The van der Waals surface area contributed by atoms with E-state index in [9.17, 15) is 0 Å². The van der Waals surface area contributed by atoms with Gasteiger partial charge in [0.25, 0.3) is 0 Å². The Bertz CT molecular complexity index is 401. The summed E-state index contributed by atoms with van der Waals surface area (Å²) in [7, 11) is 2.19. The molecular weight excluding hydrogens is 246 g/mol. The quantitative estimate of drug-likeness (QED) is 0.886. The van der Waals surface area contributed by atoms with Crippen molar-refractivity contribution in [3.8, 4) is 0 Å². The topological polar surface area (TPSA) is 28.2 Å². The van der Waals surface area contributed by atoms with Gasteiger partial charge in [-0.2, -0.15) is 0 Å². The van der Waals surface area contributed by atoms with E-state index in [-0.39, 0.29) is 0 Å². The molecule has 0 aromatic carbocycles. The Morgan fingerprint density at radius 2 is 2.20 bits per heavy atom. The molecule has 0 saturated heterocycles. The fourth-order valence-electron chi connectivity index (χ4n) is 3.23. The zero-order chi connectivity index (χ0) is 14.5. The zero-order valence-electron chi connectivity index (χ0n) is 13.4. The highest BCUT2D eigenvalue weighted by atomic mass is 15.2. The average Bonchev–Trinajstić information content (AvgIpc) is 2.47. The summed E-state index contributed by atoms with van der Waals surface area (Å²) in [6.07, 6.45) is 7.36. The lowest BCUT2D eigenvalue weighted by atomic mass is 9.86. The summed E-state index contributed by atoms with van der Waals surface area (Å²) in [6, 6.07) is 5.41. The van der Waals surface area contributed by atoms with Crippen molar-refractivity contribution in [1.29, 1.82) is 0 Å². The molecule has 112 valence electrons. The van der Waals surface area contributed by atoms with Crippen molar-refractivity contribution in [3.63, 3.8) is 0 Å². The van der Waals surface area contributed by atoms with Crippen LogP contribution in [0.2, 0.25) is 0 Å². The van der Waals surface area contributed by atoms with E-state index in [1.165, 1.54) is 31.2 Å². The van der Waals surface area contributed by atoms with Gasteiger partial charge in [-0.15, -0.1) is 0 Å². The van der Waals surface area contributed by atoms with Crippen LogP contribution in [0.1, 0.15) is 58.1 Å². The average molecular weight is 275 g/mol. The molecule has 20 heavy (non-hydrogen) atoms. The Morgan fingerprint density at radius 1 is 1.40 bits per heavy atom. The molecule has 1 aliphatic carbocycles. The van der Waals surface area contributed by atoms with Crippen LogP contribution in [0, 0.1) is 5.92 Å². The van der Waals surface area contributed by atoms with Gasteiger partial charge in [-0.25, -0.2) is 4.98 Å². The summed E-state index contributed by atoms with van der Waals surface area (Å²) in [5, 5.41) is 3.43. The summed E-state index contributed by atoms with van der Waals surface area (Å²) < 4.78 is 0. The van der Waals surface area contributed by atoms with Gasteiger partial charge in [-0.3, -0.25) is 0 Å². The molecule has 0 amide bonds. The second-order valence-corrected chi connectivity index (χ2v) is 6.27. The summed E-state index contributed by atoms with van der Waals surface area (Å²) in [5.74, 6) is 1.96. The van der Waals surface area contributed by atoms with Crippen molar-refractivity contribution in [1.82, 2.24) is 10.3 Å². The maximum absolute atomic E-state index is 4.67. The van der Waals surface area contributed by atoms with Crippen LogP contribution in [0.4, 0.5) is 5.82 Å². The van der Waals surface area contributed by atoms with Crippen molar-refractivity contribution < 1.29 is 0 Å². The van der Waals surface area contributed by atoms with Crippen molar-refractivity contribution in [3.05, 3.63) is 23.9 Å². The molecule has 3 unspecified atom stereocenters. The van der Waals surface area contributed by atoms with Gasteiger partial charge in [0.15, 0.2) is 0 Å². The van der Waals surface area contributed by atoms with E-state index >= 15 is 0 Å². The maximum atomic E-state index is 4.67. The van der Waals surface area contributed by atoms with Gasteiger partial charge in [0.2, 0.25) is 0 Å². The lowest BCUT2D eigenvalue weighted by Crippen LogP contribution is -2.36. The smallest absolute Gasteiger partial charge is 0.128 e. The Kier molecular flexibility index (Phi) is 5.41. The van der Waals surface area contributed by atoms with Gasteiger partial charge >= 0.3 is 0 Å². The number of aromatic nitrogens is 1. The zero-order valence-corrected chi connectivity index (χ0v) is 13.4. The molecule has 3 heteroatoms. The third kappa shape index (κ3) is 3.72. The van der Waals surface area contributed by atoms with Gasteiger partial charge in [-0.1, -0.05) is 32.8 Å². The Morgan fingerprint density at radius 3 is 2.80 bits per heavy atom. The molecule has 0 spiro atoms. The molecule has 3 nitrogen and oxygen atoms in total. The second kappa shape index (κ2) is 7.07. The molecule has 1 saturated carbocycles. The predicted octanol–water partition coefficient (Wildman–Crippen LogP) is 3.77. The summed E-state index contributed by atoms with van der Waals surface area (Å²) in [6.45, 7) is 7.68. The first-order valence-electron chi connectivity index (χ1n) is 8.04. The van der Waals surface area contributed by atoms with Gasteiger partial charge in [-0.05, 0) is 43.9 Å². The number of hydrogen-bond acceptors (Lipinski definition) is 3. The van der Waals surface area contributed by atoms with Crippen LogP contribution in [0.5, 0.6) is 0 Å². The highest BCUT2D eigenvalue weighted by Gasteiger charge is 2.23.